The van der Waals surface area contributed by atoms with Gasteiger partial charge in [-0.05, 0) is 13.3 Å². The Kier molecular flexibility index (Phi) is 5.79. The summed E-state index contributed by atoms with van der Waals surface area (Å²) in [5, 5.41) is 9.24. The molecule has 0 aliphatic carbocycles. The van der Waals surface area contributed by atoms with Gasteiger partial charge in [-0.1, -0.05) is 6.08 Å². The zero-order chi connectivity index (χ0) is 11.8. The predicted octanol–water partition coefficient (Wildman–Crippen LogP) is 1.52. The molecule has 0 fully saturated rings. The highest BCUT2D eigenvalue weighted by Gasteiger charge is 2.13. The van der Waals surface area contributed by atoms with Gasteiger partial charge < -0.3 is 4.84 Å². The number of nitriles is 1. The third-order valence-corrected chi connectivity index (χ3v) is 1.52. The first-order valence-corrected chi connectivity index (χ1v) is 4.52. The number of hydrogen-bond acceptors (Lipinski definition) is 4. The molecule has 0 aromatic rings. The summed E-state index contributed by atoms with van der Waals surface area (Å²) in [6, 6.07) is 1.98. The minimum absolute atomic E-state index is 0.364. The van der Waals surface area contributed by atoms with Crippen LogP contribution >= 0.6 is 0 Å². The van der Waals surface area contributed by atoms with E-state index in [9.17, 15) is 9.59 Å². The van der Waals surface area contributed by atoms with Crippen molar-refractivity contribution in [2.45, 2.75) is 33.6 Å². The topological polar surface area (TPSA) is 70.4 Å². The molecule has 0 spiro atoms. The summed E-state index contributed by atoms with van der Waals surface area (Å²) in [5.41, 5.74) is 0.507. The average Bonchev–Trinajstić information content (AvgIpc) is 2.13. The lowest BCUT2D eigenvalue weighted by Gasteiger charge is -2.18. The van der Waals surface area contributed by atoms with E-state index >= 15 is 0 Å². The fraction of sp³-hybridized carbons (Fsp3) is 0.500. The molecule has 0 rings (SSSR count). The van der Waals surface area contributed by atoms with Gasteiger partial charge in [0.05, 0.1) is 11.8 Å². The Morgan fingerprint density at radius 1 is 1.40 bits per heavy atom. The van der Waals surface area contributed by atoms with E-state index in [0.717, 1.165) is 5.06 Å². The minimum atomic E-state index is -0.557. The lowest BCUT2D eigenvalue weighted by Crippen LogP contribution is -2.29. The Morgan fingerprint density at radius 2 is 2.00 bits per heavy atom. The zero-order valence-electron chi connectivity index (χ0n) is 9.11. The second-order valence-electron chi connectivity index (χ2n) is 2.94. The number of amides is 1. The van der Waals surface area contributed by atoms with Crippen LogP contribution in [0.25, 0.3) is 0 Å². The molecule has 0 N–H and O–H groups in total. The number of unbranched alkanes of at least 4 members (excludes halogenated alkanes) is 1. The van der Waals surface area contributed by atoms with E-state index in [1.54, 1.807) is 13.0 Å². The van der Waals surface area contributed by atoms with E-state index in [0.29, 0.717) is 18.5 Å². The van der Waals surface area contributed by atoms with Crippen LogP contribution in [0.3, 0.4) is 0 Å². The summed E-state index contributed by atoms with van der Waals surface area (Å²) in [5.74, 6) is -0.936. The van der Waals surface area contributed by atoms with E-state index in [1.807, 2.05) is 6.07 Å². The lowest BCUT2D eigenvalue weighted by molar-refractivity contribution is -0.187. The van der Waals surface area contributed by atoms with Crippen molar-refractivity contribution in [2.75, 3.05) is 0 Å². The van der Waals surface area contributed by atoms with Gasteiger partial charge in [-0.25, -0.2) is 4.79 Å². The van der Waals surface area contributed by atoms with E-state index < -0.39 is 5.97 Å². The van der Waals surface area contributed by atoms with Crippen LogP contribution in [0.15, 0.2) is 11.8 Å². The van der Waals surface area contributed by atoms with Gasteiger partial charge in [0.1, 0.15) is 0 Å². The zero-order valence-corrected chi connectivity index (χ0v) is 9.11. The molecule has 0 aliphatic heterocycles. The molecule has 0 aromatic carbocycles. The van der Waals surface area contributed by atoms with Crippen molar-refractivity contribution >= 4 is 11.9 Å². The van der Waals surface area contributed by atoms with Crippen LogP contribution in [0.1, 0.15) is 33.6 Å². The van der Waals surface area contributed by atoms with E-state index in [-0.39, 0.29) is 5.91 Å². The average molecular weight is 210 g/mol. The quantitative estimate of drug-likeness (QED) is 0.523. The molecule has 1 amide bonds. The predicted molar refractivity (Wildman–Crippen MR) is 52.9 cm³/mol. The minimum Gasteiger partial charge on any atom is -0.334 e. The first-order valence-electron chi connectivity index (χ1n) is 4.52. The highest BCUT2D eigenvalue weighted by Crippen LogP contribution is 2.07. The number of nitrogens with zero attached hydrogens (tertiary/aromatic N) is 2. The summed E-state index contributed by atoms with van der Waals surface area (Å²) >= 11 is 0. The van der Waals surface area contributed by atoms with Crippen LogP contribution in [0.2, 0.25) is 0 Å². The van der Waals surface area contributed by atoms with Crippen molar-refractivity contribution in [1.29, 1.82) is 5.26 Å². The summed E-state index contributed by atoms with van der Waals surface area (Å²) in [7, 11) is 0. The number of hydroxylamine groups is 2. The number of hydrogen-bond donors (Lipinski definition) is 0. The maximum Gasteiger partial charge on any atom is 0.330 e. The van der Waals surface area contributed by atoms with Gasteiger partial charge in [0.15, 0.2) is 0 Å². The van der Waals surface area contributed by atoms with Gasteiger partial charge in [0.25, 0.3) is 5.91 Å². The summed E-state index contributed by atoms with van der Waals surface area (Å²) in [6.07, 6.45) is 2.56. The molecule has 0 radical (unpaired) electrons. The van der Waals surface area contributed by atoms with Gasteiger partial charge in [0, 0.05) is 20.3 Å². The van der Waals surface area contributed by atoms with E-state index in [1.165, 1.54) is 13.8 Å². The molecule has 0 unspecified atom stereocenters. The molecule has 0 bridgehead atoms. The number of carbonyl (C=O) groups is 2. The third kappa shape index (κ3) is 5.47. The van der Waals surface area contributed by atoms with Crippen molar-refractivity contribution in [1.82, 2.24) is 5.06 Å². The van der Waals surface area contributed by atoms with Gasteiger partial charge in [0.2, 0.25) is 0 Å². The second kappa shape index (κ2) is 6.60. The molecule has 0 aliphatic rings. The molecular weight excluding hydrogens is 196 g/mol. The Bertz CT molecular complexity index is 315. The number of carbonyl (C=O) groups excluding carboxylic acids is 2. The lowest BCUT2D eigenvalue weighted by atomic mass is 10.3. The van der Waals surface area contributed by atoms with E-state index in [2.05, 4.69) is 0 Å². The van der Waals surface area contributed by atoms with Crippen LogP contribution < -0.4 is 0 Å². The van der Waals surface area contributed by atoms with Crippen LogP contribution in [0.4, 0.5) is 0 Å². The van der Waals surface area contributed by atoms with Crippen LogP contribution in [-0.4, -0.2) is 16.9 Å². The van der Waals surface area contributed by atoms with Gasteiger partial charge >= 0.3 is 5.97 Å². The molecule has 0 atom stereocenters. The standard InChI is InChI=1S/C10H14N2O3/c1-8(6-4-5-7-11)12(9(2)13)15-10(3)14/h6H,4-5H2,1-3H3/b8-6-. The van der Waals surface area contributed by atoms with Crippen molar-refractivity contribution in [3.05, 3.63) is 11.8 Å². The molecule has 5 heteroatoms. The van der Waals surface area contributed by atoms with E-state index in [4.69, 9.17) is 10.1 Å². The maximum absolute atomic E-state index is 11.1. The van der Waals surface area contributed by atoms with Crippen LogP contribution in [0.5, 0.6) is 0 Å². The summed E-state index contributed by atoms with van der Waals surface area (Å²) < 4.78 is 0. The SMILES string of the molecule is CC(=O)ON(C(C)=O)/C(C)=C\CCC#N. The molecule has 0 saturated carbocycles. The molecule has 0 heterocycles. The highest BCUT2D eigenvalue weighted by atomic mass is 16.7. The Morgan fingerprint density at radius 3 is 2.40 bits per heavy atom. The largest absolute Gasteiger partial charge is 0.334 e. The van der Waals surface area contributed by atoms with Crippen LogP contribution in [-0.2, 0) is 14.4 Å². The Labute approximate surface area is 88.9 Å². The molecule has 0 saturated heterocycles. The maximum atomic E-state index is 11.1. The third-order valence-electron chi connectivity index (χ3n) is 1.52. The normalized spacial score (nSPS) is 10.4. The first-order chi connectivity index (χ1) is 6.99. The molecular formula is C10H14N2O3. The van der Waals surface area contributed by atoms with Gasteiger partial charge in [-0.2, -0.15) is 5.26 Å². The molecule has 0 aromatic heterocycles. The molecule has 82 valence electrons. The molecule has 5 nitrogen and oxygen atoms in total. The van der Waals surface area contributed by atoms with Gasteiger partial charge in [-0.3, -0.25) is 4.79 Å². The Hall–Kier alpha value is -1.83. The molecule has 15 heavy (non-hydrogen) atoms. The fourth-order valence-electron chi connectivity index (χ4n) is 0.942. The first kappa shape index (κ1) is 13.2. The summed E-state index contributed by atoms with van der Waals surface area (Å²) in [6.45, 7) is 4.16. The summed E-state index contributed by atoms with van der Waals surface area (Å²) in [4.78, 5) is 26.5. The van der Waals surface area contributed by atoms with Crippen molar-refractivity contribution in [2.24, 2.45) is 0 Å². The smallest absolute Gasteiger partial charge is 0.330 e. The Balaban J connectivity index is 4.48. The highest BCUT2D eigenvalue weighted by molar-refractivity contribution is 5.76. The second-order valence-corrected chi connectivity index (χ2v) is 2.94. The number of rotatable bonds is 3. The fourth-order valence-corrected chi connectivity index (χ4v) is 0.942. The number of allylic oxidation sites excluding steroid dienone is 2. The van der Waals surface area contributed by atoms with Crippen molar-refractivity contribution in [3.8, 4) is 6.07 Å². The van der Waals surface area contributed by atoms with Crippen molar-refractivity contribution in [3.63, 3.8) is 0 Å². The van der Waals surface area contributed by atoms with Crippen molar-refractivity contribution < 1.29 is 14.4 Å². The van der Waals surface area contributed by atoms with Gasteiger partial charge in [-0.15, -0.1) is 5.06 Å². The monoisotopic (exact) mass is 210 g/mol. The van der Waals surface area contributed by atoms with Crippen LogP contribution in [0, 0.1) is 11.3 Å².